The highest BCUT2D eigenvalue weighted by Gasteiger charge is 1.99. The Morgan fingerprint density at radius 1 is 0.895 bits per heavy atom. The molecule has 0 atom stereocenters. The maximum atomic E-state index is 11.8. The van der Waals surface area contributed by atoms with Gasteiger partial charge in [-0.05, 0) is 18.6 Å². The molecular formula is C18H16O. The number of ketones is 1. The maximum absolute atomic E-state index is 11.8. The van der Waals surface area contributed by atoms with E-state index in [0.29, 0.717) is 0 Å². The van der Waals surface area contributed by atoms with Crippen molar-refractivity contribution >= 4 is 11.9 Å². The van der Waals surface area contributed by atoms with Gasteiger partial charge in [-0.2, -0.15) is 0 Å². The first-order valence-corrected chi connectivity index (χ1v) is 6.26. The topological polar surface area (TPSA) is 17.1 Å². The lowest BCUT2D eigenvalue weighted by atomic mass is 10.1. The van der Waals surface area contributed by atoms with Gasteiger partial charge in [0.15, 0.2) is 5.78 Å². The predicted molar refractivity (Wildman–Crippen MR) is 80.1 cm³/mol. The van der Waals surface area contributed by atoms with E-state index in [1.807, 2.05) is 73.7 Å². The summed E-state index contributed by atoms with van der Waals surface area (Å²) in [6.07, 6.45) is 7.21. The summed E-state index contributed by atoms with van der Waals surface area (Å²) in [6, 6.07) is 17.6. The van der Waals surface area contributed by atoms with Gasteiger partial charge in [-0.1, -0.05) is 78.4 Å². The molecule has 0 radical (unpaired) electrons. The minimum atomic E-state index is 0.0257. The van der Waals surface area contributed by atoms with Crippen LogP contribution in [0.2, 0.25) is 0 Å². The average Bonchev–Trinajstić information content (AvgIpc) is 2.45. The quantitative estimate of drug-likeness (QED) is 0.444. The monoisotopic (exact) mass is 248 g/mol. The molecule has 2 aromatic rings. The highest BCUT2D eigenvalue weighted by molar-refractivity contribution is 6.04. The molecule has 0 spiro atoms. The van der Waals surface area contributed by atoms with Gasteiger partial charge in [-0.3, -0.25) is 4.79 Å². The third-order valence-corrected chi connectivity index (χ3v) is 2.78. The van der Waals surface area contributed by atoms with Crippen LogP contribution in [0, 0.1) is 6.92 Å². The van der Waals surface area contributed by atoms with E-state index >= 15 is 0 Å². The van der Waals surface area contributed by atoms with Gasteiger partial charge in [0.05, 0.1) is 0 Å². The maximum Gasteiger partial charge on any atom is 0.185 e. The molecule has 0 saturated heterocycles. The molecule has 0 N–H and O–H groups in total. The number of carbonyl (C=O) groups is 1. The fourth-order valence-corrected chi connectivity index (χ4v) is 1.69. The normalized spacial score (nSPS) is 11.2. The van der Waals surface area contributed by atoms with Crippen molar-refractivity contribution in [2.45, 2.75) is 6.92 Å². The van der Waals surface area contributed by atoms with Gasteiger partial charge in [0, 0.05) is 5.56 Å². The van der Waals surface area contributed by atoms with E-state index in [1.54, 1.807) is 12.2 Å². The van der Waals surface area contributed by atoms with Gasteiger partial charge in [0.2, 0.25) is 0 Å². The van der Waals surface area contributed by atoms with Crippen molar-refractivity contribution in [1.29, 1.82) is 0 Å². The molecule has 0 aromatic heterocycles. The van der Waals surface area contributed by atoms with Crippen molar-refractivity contribution in [3.8, 4) is 0 Å². The Hall–Kier alpha value is -2.41. The zero-order valence-electron chi connectivity index (χ0n) is 10.9. The van der Waals surface area contributed by atoms with Crippen molar-refractivity contribution in [2.24, 2.45) is 0 Å². The van der Waals surface area contributed by atoms with Gasteiger partial charge < -0.3 is 0 Å². The average molecular weight is 248 g/mol. The van der Waals surface area contributed by atoms with Gasteiger partial charge in [0.25, 0.3) is 0 Å². The third-order valence-electron chi connectivity index (χ3n) is 2.78. The van der Waals surface area contributed by atoms with Crippen LogP contribution in [0.25, 0.3) is 6.08 Å². The summed E-state index contributed by atoms with van der Waals surface area (Å²) in [6.45, 7) is 2.01. The van der Waals surface area contributed by atoms with Crippen LogP contribution in [0.1, 0.15) is 21.5 Å². The van der Waals surface area contributed by atoms with Crippen LogP contribution in [0.3, 0.4) is 0 Å². The van der Waals surface area contributed by atoms with Gasteiger partial charge in [0.1, 0.15) is 0 Å². The SMILES string of the molecule is Cc1ccc(C(=O)/C=C\C=C/c2ccccc2)cc1. The van der Waals surface area contributed by atoms with Crippen LogP contribution in [0.4, 0.5) is 0 Å². The second-order valence-corrected chi connectivity index (χ2v) is 4.36. The molecular weight excluding hydrogens is 232 g/mol. The van der Waals surface area contributed by atoms with E-state index in [1.165, 1.54) is 0 Å². The Morgan fingerprint density at radius 2 is 1.58 bits per heavy atom. The number of aryl methyl sites for hydroxylation is 1. The first-order chi connectivity index (χ1) is 9.25. The number of benzene rings is 2. The number of carbonyl (C=O) groups excluding carboxylic acids is 1. The minimum absolute atomic E-state index is 0.0257. The van der Waals surface area contributed by atoms with Crippen molar-refractivity contribution in [3.05, 3.63) is 89.5 Å². The summed E-state index contributed by atoms with van der Waals surface area (Å²) in [5.41, 5.74) is 2.99. The van der Waals surface area contributed by atoms with Crippen LogP contribution in [-0.2, 0) is 0 Å². The molecule has 94 valence electrons. The van der Waals surface area contributed by atoms with E-state index < -0.39 is 0 Å². The minimum Gasteiger partial charge on any atom is -0.289 e. The van der Waals surface area contributed by atoms with Gasteiger partial charge >= 0.3 is 0 Å². The second-order valence-electron chi connectivity index (χ2n) is 4.36. The van der Waals surface area contributed by atoms with E-state index in [4.69, 9.17) is 0 Å². The fourth-order valence-electron chi connectivity index (χ4n) is 1.69. The first kappa shape index (κ1) is 13.0. The molecule has 0 unspecified atom stereocenters. The standard InChI is InChI=1S/C18H16O/c1-15-11-13-17(14-12-15)18(19)10-6-5-9-16-7-3-2-4-8-16/h2-14H,1H3/b9-5-,10-6-. The van der Waals surface area contributed by atoms with E-state index in [2.05, 4.69) is 0 Å². The first-order valence-electron chi connectivity index (χ1n) is 6.26. The third kappa shape index (κ3) is 4.07. The van der Waals surface area contributed by atoms with Crippen molar-refractivity contribution < 1.29 is 4.79 Å². The Labute approximate surface area is 113 Å². The van der Waals surface area contributed by atoms with Crippen molar-refractivity contribution in [1.82, 2.24) is 0 Å². The summed E-state index contributed by atoms with van der Waals surface area (Å²) in [7, 11) is 0. The Morgan fingerprint density at radius 3 is 2.26 bits per heavy atom. The highest BCUT2D eigenvalue weighted by atomic mass is 16.1. The molecule has 19 heavy (non-hydrogen) atoms. The van der Waals surface area contributed by atoms with Crippen LogP contribution in [0.15, 0.2) is 72.8 Å². The fraction of sp³-hybridized carbons (Fsp3) is 0.0556. The molecule has 1 heteroatoms. The molecule has 0 heterocycles. The van der Waals surface area contributed by atoms with Gasteiger partial charge in [-0.25, -0.2) is 0 Å². The zero-order chi connectivity index (χ0) is 13.5. The van der Waals surface area contributed by atoms with E-state index in [0.717, 1.165) is 16.7 Å². The van der Waals surface area contributed by atoms with Crippen LogP contribution < -0.4 is 0 Å². The second kappa shape index (κ2) is 6.50. The molecule has 2 aromatic carbocycles. The van der Waals surface area contributed by atoms with Crippen molar-refractivity contribution in [2.75, 3.05) is 0 Å². The van der Waals surface area contributed by atoms with E-state index in [9.17, 15) is 4.79 Å². The smallest absolute Gasteiger partial charge is 0.185 e. The molecule has 0 aliphatic carbocycles. The molecule has 0 aliphatic heterocycles. The Bertz CT molecular complexity index is 589. The lowest BCUT2D eigenvalue weighted by molar-refractivity contribution is 0.104. The van der Waals surface area contributed by atoms with Gasteiger partial charge in [-0.15, -0.1) is 0 Å². The Kier molecular flexibility index (Phi) is 4.46. The van der Waals surface area contributed by atoms with E-state index in [-0.39, 0.29) is 5.78 Å². The van der Waals surface area contributed by atoms with Crippen LogP contribution >= 0.6 is 0 Å². The molecule has 0 amide bonds. The molecule has 1 nitrogen and oxygen atoms in total. The summed E-state index contributed by atoms with van der Waals surface area (Å²) >= 11 is 0. The number of hydrogen-bond acceptors (Lipinski definition) is 1. The lowest BCUT2D eigenvalue weighted by Gasteiger charge is -1.95. The zero-order valence-corrected chi connectivity index (χ0v) is 10.9. The summed E-state index contributed by atoms with van der Waals surface area (Å²) < 4.78 is 0. The number of rotatable bonds is 4. The summed E-state index contributed by atoms with van der Waals surface area (Å²) in [5, 5.41) is 0. The highest BCUT2D eigenvalue weighted by Crippen LogP contribution is 2.05. The number of hydrogen-bond donors (Lipinski definition) is 0. The van der Waals surface area contributed by atoms with Crippen LogP contribution in [-0.4, -0.2) is 5.78 Å². The number of allylic oxidation sites excluding steroid dienone is 3. The predicted octanol–water partition coefficient (Wildman–Crippen LogP) is 4.45. The molecule has 0 aliphatic rings. The van der Waals surface area contributed by atoms with Crippen LogP contribution in [0.5, 0.6) is 0 Å². The molecule has 2 rings (SSSR count). The van der Waals surface area contributed by atoms with Crippen molar-refractivity contribution in [3.63, 3.8) is 0 Å². The summed E-state index contributed by atoms with van der Waals surface area (Å²) in [4.78, 5) is 11.8. The largest absolute Gasteiger partial charge is 0.289 e. The molecule has 0 fully saturated rings. The summed E-state index contributed by atoms with van der Waals surface area (Å²) in [5.74, 6) is 0.0257. The lowest BCUT2D eigenvalue weighted by Crippen LogP contribution is -1.93. The Balaban J connectivity index is 1.97. The molecule has 0 bridgehead atoms. The molecule has 0 saturated carbocycles.